The molecule has 22 heavy (non-hydrogen) atoms. The maximum atomic E-state index is 11.9. The van der Waals surface area contributed by atoms with Crippen LogP contribution in [-0.4, -0.2) is 63.1 Å². The minimum atomic E-state index is -0.804. The van der Waals surface area contributed by atoms with Gasteiger partial charge in [-0.15, -0.1) is 0 Å². The first-order valence-electron chi connectivity index (χ1n) is 9.15. The Kier molecular flexibility index (Phi) is 9.29. The number of carbonyl (C=O) groups is 1. The van der Waals surface area contributed by atoms with Gasteiger partial charge in [0, 0.05) is 25.4 Å². The Morgan fingerprint density at radius 3 is 2.45 bits per heavy atom. The van der Waals surface area contributed by atoms with E-state index >= 15 is 0 Å². The van der Waals surface area contributed by atoms with E-state index < -0.39 is 8.80 Å². The summed E-state index contributed by atoms with van der Waals surface area (Å²) < 4.78 is 5.16. The highest BCUT2D eigenvalue weighted by molar-refractivity contribution is 6.57. The number of carbonyl (C=O) groups excluding carboxylic acids is 1. The lowest BCUT2D eigenvalue weighted by Gasteiger charge is -2.34. The molecule has 1 fully saturated rings. The summed E-state index contributed by atoms with van der Waals surface area (Å²) in [4.78, 5) is 17.1. The molecule has 0 aromatic rings. The lowest BCUT2D eigenvalue weighted by Crippen LogP contribution is -2.49. The third-order valence-electron chi connectivity index (χ3n) is 4.52. The molecule has 0 spiro atoms. The van der Waals surface area contributed by atoms with Gasteiger partial charge in [0.15, 0.2) is 0 Å². The molecule has 0 aliphatic carbocycles. The summed E-state index contributed by atoms with van der Waals surface area (Å²) in [5.41, 5.74) is 0. The number of nitrogens with zero attached hydrogens (tertiary/aromatic N) is 2. The Morgan fingerprint density at radius 2 is 1.86 bits per heavy atom. The molecule has 130 valence electrons. The Labute approximate surface area is 138 Å². The van der Waals surface area contributed by atoms with Gasteiger partial charge in [0.25, 0.3) is 0 Å². The standard InChI is InChI=1S/C17H36N2O2Si/c1-6-8-9-10-11-18-12-13-19(17(18)22(4)5)14-15(3)16(20)21-7-2/h15,17,22H,6-14H2,1-5H3. The van der Waals surface area contributed by atoms with Crippen LogP contribution in [0.5, 0.6) is 0 Å². The van der Waals surface area contributed by atoms with E-state index in [2.05, 4.69) is 29.8 Å². The van der Waals surface area contributed by atoms with Crippen LogP contribution in [0, 0.1) is 5.92 Å². The van der Waals surface area contributed by atoms with Gasteiger partial charge in [-0.25, -0.2) is 0 Å². The Morgan fingerprint density at radius 1 is 1.18 bits per heavy atom. The topological polar surface area (TPSA) is 32.8 Å². The average molecular weight is 329 g/mol. The quantitative estimate of drug-likeness (QED) is 0.351. The second-order valence-electron chi connectivity index (χ2n) is 6.90. The van der Waals surface area contributed by atoms with Crippen molar-refractivity contribution in [3.8, 4) is 0 Å². The summed E-state index contributed by atoms with van der Waals surface area (Å²) in [7, 11) is -0.804. The predicted molar refractivity (Wildman–Crippen MR) is 95.8 cm³/mol. The number of rotatable bonds is 10. The van der Waals surface area contributed by atoms with Crippen LogP contribution in [-0.2, 0) is 9.53 Å². The molecule has 0 bridgehead atoms. The third-order valence-corrected chi connectivity index (χ3v) is 6.55. The highest BCUT2D eigenvalue weighted by atomic mass is 28.3. The SMILES string of the molecule is CCCCCCN1CCN(CC(C)C(=O)OCC)C1[SiH](C)C. The fourth-order valence-corrected chi connectivity index (χ4v) is 5.75. The minimum absolute atomic E-state index is 0.0183. The molecule has 1 saturated heterocycles. The van der Waals surface area contributed by atoms with Gasteiger partial charge < -0.3 is 4.74 Å². The molecule has 1 rings (SSSR count). The summed E-state index contributed by atoms with van der Waals surface area (Å²) >= 11 is 0. The minimum Gasteiger partial charge on any atom is -0.466 e. The Hall–Kier alpha value is -0.393. The highest BCUT2D eigenvalue weighted by Gasteiger charge is 2.35. The first-order valence-corrected chi connectivity index (χ1v) is 12.1. The zero-order valence-corrected chi connectivity index (χ0v) is 16.5. The average Bonchev–Trinajstić information content (AvgIpc) is 2.86. The maximum Gasteiger partial charge on any atom is 0.309 e. The van der Waals surface area contributed by atoms with Crippen LogP contribution in [0.1, 0.15) is 46.5 Å². The van der Waals surface area contributed by atoms with Crippen molar-refractivity contribution >= 4 is 14.8 Å². The van der Waals surface area contributed by atoms with E-state index in [9.17, 15) is 4.79 Å². The van der Waals surface area contributed by atoms with Gasteiger partial charge in [0.2, 0.25) is 0 Å². The summed E-state index contributed by atoms with van der Waals surface area (Å²) in [6.45, 7) is 15.8. The molecule has 0 aromatic heterocycles. The molecule has 2 atom stereocenters. The molecule has 5 heteroatoms. The molecular formula is C17H36N2O2Si. The molecule has 1 aliphatic rings. The zero-order valence-electron chi connectivity index (χ0n) is 15.3. The summed E-state index contributed by atoms with van der Waals surface area (Å²) in [6, 6.07) is 0. The van der Waals surface area contributed by atoms with Crippen LogP contribution >= 0.6 is 0 Å². The van der Waals surface area contributed by atoms with Gasteiger partial charge in [0.1, 0.15) is 0 Å². The van der Waals surface area contributed by atoms with Crippen LogP contribution in [0.15, 0.2) is 0 Å². The number of hydrogen-bond acceptors (Lipinski definition) is 4. The lowest BCUT2D eigenvalue weighted by atomic mass is 10.2. The zero-order chi connectivity index (χ0) is 16.5. The van der Waals surface area contributed by atoms with E-state index in [0.29, 0.717) is 12.4 Å². The molecule has 0 saturated carbocycles. The number of unbranched alkanes of at least 4 members (excludes halogenated alkanes) is 3. The van der Waals surface area contributed by atoms with Gasteiger partial charge in [-0.3, -0.25) is 14.6 Å². The predicted octanol–water partition coefficient (Wildman–Crippen LogP) is 2.74. The van der Waals surface area contributed by atoms with Crippen LogP contribution in [0.4, 0.5) is 0 Å². The number of hydrogen-bond donors (Lipinski definition) is 0. The van der Waals surface area contributed by atoms with Crippen molar-refractivity contribution in [3.63, 3.8) is 0 Å². The Balaban J connectivity index is 2.51. The van der Waals surface area contributed by atoms with Crippen LogP contribution in [0.2, 0.25) is 13.1 Å². The summed E-state index contributed by atoms with van der Waals surface area (Å²) in [5.74, 6) is 0.543. The molecule has 2 unspecified atom stereocenters. The molecule has 1 heterocycles. The monoisotopic (exact) mass is 328 g/mol. The van der Waals surface area contributed by atoms with Crippen molar-refractivity contribution in [3.05, 3.63) is 0 Å². The third kappa shape index (κ3) is 6.01. The molecule has 0 radical (unpaired) electrons. The molecule has 0 aromatic carbocycles. The van der Waals surface area contributed by atoms with Crippen molar-refractivity contribution in [2.24, 2.45) is 5.92 Å². The van der Waals surface area contributed by atoms with Crippen LogP contribution < -0.4 is 0 Å². The van der Waals surface area contributed by atoms with Crippen molar-refractivity contribution in [1.82, 2.24) is 9.80 Å². The van der Waals surface area contributed by atoms with Gasteiger partial charge in [0.05, 0.1) is 21.3 Å². The fourth-order valence-electron chi connectivity index (χ4n) is 3.49. The van der Waals surface area contributed by atoms with Gasteiger partial charge in [-0.1, -0.05) is 46.2 Å². The maximum absolute atomic E-state index is 11.9. The molecule has 0 amide bonds. The second kappa shape index (κ2) is 10.4. The molecule has 0 N–H and O–H groups in total. The van der Waals surface area contributed by atoms with Crippen LogP contribution in [0.3, 0.4) is 0 Å². The van der Waals surface area contributed by atoms with Crippen molar-refractivity contribution in [2.75, 3.05) is 32.8 Å². The summed E-state index contributed by atoms with van der Waals surface area (Å²) in [5, 5.41) is 0. The molecule has 4 nitrogen and oxygen atoms in total. The second-order valence-corrected chi connectivity index (χ2v) is 9.99. The summed E-state index contributed by atoms with van der Waals surface area (Å²) in [6.07, 6.45) is 5.30. The fraction of sp³-hybridized carbons (Fsp3) is 0.941. The van der Waals surface area contributed by atoms with Crippen molar-refractivity contribution in [2.45, 2.75) is 65.3 Å². The van der Waals surface area contributed by atoms with E-state index in [1.54, 1.807) is 0 Å². The van der Waals surface area contributed by atoms with Gasteiger partial charge in [-0.2, -0.15) is 0 Å². The van der Waals surface area contributed by atoms with Gasteiger partial charge >= 0.3 is 5.97 Å². The van der Waals surface area contributed by atoms with Gasteiger partial charge in [-0.05, 0) is 19.9 Å². The van der Waals surface area contributed by atoms with Crippen molar-refractivity contribution in [1.29, 1.82) is 0 Å². The van der Waals surface area contributed by atoms with E-state index in [1.807, 2.05) is 13.8 Å². The Bertz CT molecular complexity index is 326. The van der Waals surface area contributed by atoms with Crippen molar-refractivity contribution < 1.29 is 9.53 Å². The lowest BCUT2D eigenvalue weighted by molar-refractivity contribution is -0.148. The smallest absolute Gasteiger partial charge is 0.309 e. The molecular weight excluding hydrogens is 292 g/mol. The van der Waals surface area contributed by atoms with E-state index in [0.717, 1.165) is 19.6 Å². The van der Waals surface area contributed by atoms with E-state index in [4.69, 9.17) is 4.74 Å². The number of ether oxygens (including phenoxy) is 1. The highest BCUT2D eigenvalue weighted by Crippen LogP contribution is 2.20. The number of esters is 1. The first-order chi connectivity index (χ1) is 10.5. The first kappa shape index (κ1) is 19.7. The largest absolute Gasteiger partial charge is 0.466 e. The molecule has 1 aliphatic heterocycles. The van der Waals surface area contributed by atoms with E-state index in [-0.39, 0.29) is 11.9 Å². The van der Waals surface area contributed by atoms with Crippen LogP contribution in [0.25, 0.3) is 0 Å². The normalized spacial score (nSPS) is 21.5. The van der Waals surface area contributed by atoms with E-state index in [1.165, 1.54) is 32.2 Å².